The number of likely N-dealkylation sites (tertiary alicyclic amines) is 1. The third-order valence-electron chi connectivity index (χ3n) is 6.22. The van der Waals surface area contributed by atoms with E-state index >= 15 is 0 Å². The van der Waals surface area contributed by atoms with E-state index in [4.69, 9.17) is 11.6 Å². The summed E-state index contributed by atoms with van der Waals surface area (Å²) in [6.07, 6.45) is 3.36. The second-order valence-corrected chi connectivity index (χ2v) is 8.90. The lowest BCUT2D eigenvalue weighted by Crippen LogP contribution is -2.65. The minimum absolute atomic E-state index is 0.135. The number of halogens is 1. The molecule has 1 aromatic heterocycles. The van der Waals surface area contributed by atoms with Crippen LogP contribution in [0.25, 0.3) is 0 Å². The average Bonchev–Trinajstić information content (AvgIpc) is 3.17. The van der Waals surface area contributed by atoms with Crippen LogP contribution in [0.5, 0.6) is 0 Å². The van der Waals surface area contributed by atoms with Crippen LogP contribution in [0.3, 0.4) is 0 Å². The molecule has 1 aromatic carbocycles. The second kappa shape index (κ2) is 7.92. The highest BCUT2D eigenvalue weighted by atomic mass is 35.5. The number of aliphatic hydroxyl groups is 1. The van der Waals surface area contributed by atoms with Gasteiger partial charge in [0.2, 0.25) is 11.9 Å². The number of carbonyl (C=O) groups is 1. The Kier molecular flexibility index (Phi) is 5.49. The zero-order valence-corrected chi connectivity index (χ0v) is 17.7. The average molecular weight is 415 g/mol. The SMILES string of the molecule is Cc1cnc(N2CC(Cc3ccc(Cl)cc3)(C(=O)N3CCC(CO)C3)C2)nc1C. The summed E-state index contributed by atoms with van der Waals surface area (Å²) in [4.78, 5) is 26.6. The van der Waals surface area contributed by atoms with Crippen molar-refractivity contribution >= 4 is 23.5 Å². The van der Waals surface area contributed by atoms with E-state index in [-0.39, 0.29) is 18.4 Å². The highest BCUT2D eigenvalue weighted by molar-refractivity contribution is 6.30. The topological polar surface area (TPSA) is 69.6 Å². The fourth-order valence-electron chi connectivity index (χ4n) is 4.31. The predicted octanol–water partition coefficient (Wildman–Crippen LogP) is 2.64. The molecule has 29 heavy (non-hydrogen) atoms. The number of rotatable bonds is 5. The maximum atomic E-state index is 13.5. The Bertz CT molecular complexity index is 896. The van der Waals surface area contributed by atoms with Gasteiger partial charge in [-0.05, 0) is 49.9 Å². The van der Waals surface area contributed by atoms with E-state index in [1.807, 2.05) is 49.2 Å². The van der Waals surface area contributed by atoms with Gasteiger partial charge in [-0.1, -0.05) is 23.7 Å². The van der Waals surface area contributed by atoms with E-state index in [0.717, 1.165) is 23.2 Å². The smallest absolute Gasteiger partial charge is 0.232 e. The highest BCUT2D eigenvalue weighted by Crippen LogP contribution is 2.39. The lowest BCUT2D eigenvalue weighted by Gasteiger charge is -2.50. The molecule has 6 nitrogen and oxygen atoms in total. The number of aliphatic hydroxyl groups excluding tert-OH is 1. The molecular formula is C22H27ClN4O2. The number of nitrogens with zero attached hydrogens (tertiary/aromatic N) is 4. The van der Waals surface area contributed by atoms with Crippen LogP contribution in [0.4, 0.5) is 5.95 Å². The molecule has 4 rings (SSSR count). The van der Waals surface area contributed by atoms with Gasteiger partial charge >= 0.3 is 0 Å². The van der Waals surface area contributed by atoms with Gasteiger partial charge in [-0.2, -0.15) is 0 Å². The summed E-state index contributed by atoms with van der Waals surface area (Å²) < 4.78 is 0. The van der Waals surface area contributed by atoms with Crippen molar-refractivity contribution in [3.05, 3.63) is 52.3 Å². The third kappa shape index (κ3) is 3.96. The molecular weight excluding hydrogens is 388 g/mol. The summed E-state index contributed by atoms with van der Waals surface area (Å²) >= 11 is 6.04. The van der Waals surface area contributed by atoms with Crippen molar-refractivity contribution in [1.82, 2.24) is 14.9 Å². The van der Waals surface area contributed by atoms with Gasteiger partial charge in [0, 0.05) is 55.6 Å². The fraction of sp³-hybridized carbons (Fsp3) is 0.500. The molecule has 2 saturated heterocycles. The number of aryl methyl sites for hydroxylation is 2. The van der Waals surface area contributed by atoms with Crippen molar-refractivity contribution in [2.24, 2.45) is 11.3 Å². The second-order valence-electron chi connectivity index (χ2n) is 8.47. The Hall–Kier alpha value is -2.18. The lowest BCUT2D eigenvalue weighted by molar-refractivity contribution is -0.143. The molecule has 2 aliphatic rings. The normalized spacial score (nSPS) is 20.6. The van der Waals surface area contributed by atoms with Gasteiger partial charge in [0.15, 0.2) is 0 Å². The molecule has 1 atom stereocenters. The molecule has 1 N–H and O–H groups in total. The Morgan fingerprint density at radius 3 is 2.62 bits per heavy atom. The number of aromatic nitrogens is 2. The zero-order valence-electron chi connectivity index (χ0n) is 16.9. The maximum Gasteiger partial charge on any atom is 0.232 e. The largest absolute Gasteiger partial charge is 0.396 e. The molecule has 2 fully saturated rings. The highest BCUT2D eigenvalue weighted by Gasteiger charge is 2.52. The molecule has 0 radical (unpaired) electrons. The number of carbonyl (C=O) groups excluding carboxylic acids is 1. The van der Waals surface area contributed by atoms with E-state index < -0.39 is 5.41 Å². The quantitative estimate of drug-likeness (QED) is 0.814. The van der Waals surface area contributed by atoms with Gasteiger partial charge < -0.3 is 14.9 Å². The van der Waals surface area contributed by atoms with Crippen molar-refractivity contribution in [1.29, 1.82) is 0 Å². The van der Waals surface area contributed by atoms with Crippen LogP contribution in [0, 0.1) is 25.2 Å². The molecule has 2 aliphatic heterocycles. The molecule has 0 aliphatic carbocycles. The standard InChI is InChI=1S/C22H27ClN4O2/c1-15-10-24-21(25-16(15)2)27-13-22(14-27,9-17-3-5-19(23)6-4-17)20(29)26-8-7-18(11-26)12-28/h3-6,10,18,28H,7-9,11-14H2,1-2H3. The van der Waals surface area contributed by atoms with Gasteiger partial charge in [-0.25, -0.2) is 9.97 Å². The van der Waals surface area contributed by atoms with Crippen LogP contribution >= 0.6 is 11.6 Å². The van der Waals surface area contributed by atoms with Crippen LogP contribution in [0.1, 0.15) is 23.2 Å². The van der Waals surface area contributed by atoms with E-state index in [1.54, 1.807) is 0 Å². The van der Waals surface area contributed by atoms with Crippen molar-refractivity contribution in [2.75, 3.05) is 37.7 Å². The Labute approximate surface area is 176 Å². The first kappa shape index (κ1) is 20.1. The van der Waals surface area contributed by atoms with Crippen molar-refractivity contribution in [2.45, 2.75) is 26.7 Å². The number of benzene rings is 1. The van der Waals surface area contributed by atoms with E-state index in [2.05, 4.69) is 14.9 Å². The molecule has 3 heterocycles. The van der Waals surface area contributed by atoms with Gasteiger partial charge in [-0.15, -0.1) is 0 Å². The van der Waals surface area contributed by atoms with Crippen LogP contribution in [-0.4, -0.2) is 58.7 Å². The van der Waals surface area contributed by atoms with Gasteiger partial charge in [0.25, 0.3) is 0 Å². The first-order chi connectivity index (χ1) is 13.9. The summed E-state index contributed by atoms with van der Waals surface area (Å²) in [7, 11) is 0. The molecule has 154 valence electrons. The van der Waals surface area contributed by atoms with Gasteiger partial charge in [-0.3, -0.25) is 4.79 Å². The Morgan fingerprint density at radius 1 is 1.28 bits per heavy atom. The Balaban J connectivity index is 1.56. The minimum atomic E-state index is -0.500. The van der Waals surface area contributed by atoms with Gasteiger partial charge in [0.05, 0.1) is 5.41 Å². The maximum absolute atomic E-state index is 13.5. The summed E-state index contributed by atoms with van der Waals surface area (Å²) in [5.41, 5.74) is 2.62. The van der Waals surface area contributed by atoms with Crippen molar-refractivity contribution in [3.63, 3.8) is 0 Å². The van der Waals surface area contributed by atoms with Crippen LogP contribution in [0.15, 0.2) is 30.5 Å². The molecule has 0 spiro atoms. The van der Waals surface area contributed by atoms with E-state index in [9.17, 15) is 9.90 Å². The van der Waals surface area contributed by atoms with Crippen LogP contribution in [-0.2, 0) is 11.2 Å². The minimum Gasteiger partial charge on any atom is -0.396 e. The zero-order chi connectivity index (χ0) is 20.6. The molecule has 0 bridgehead atoms. The number of hydrogen-bond acceptors (Lipinski definition) is 5. The molecule has 1 unspecified atom stereocenters. The van der Waals surface area contributed by atoms with E-state index in [0.29, 0.717) is 43.6 Å². The first-order valence-corrected chi connectivity index (χ1v) is 10.5. The molecule has 0 saturated carbocycles. The van der Waals surface area contributed by atoms with Crippen molar-refractivity contribution in [3.8, 4) is 0 Å². The van der Waals surface area contributed by atoms with Gasteiger partial charge in [0.1, 0.15) is 0 Å². The Morgan fingerprint density at radius 2 is 2.00 bits per heavy atom. The van der Waals surface area contributed by atoms with E-state index in [1.165, 1.54) is 0 Å². The summed E-state index contributed by atoms with van der Waals surface area (Å²) in [6, 6.07) is 7.73. The lowest BCUT2D eigenvalue weighted by atomic mass is 9.73. The van der Waals surface area contributed by atoms with Crippen molar-refractivity contribution < 1.29 is 9.90 Å². The molecule has 1 amide bonds. The number of amides is 1. The predicted molar refractivity (Wildman–Crippen MR) is 113 cm³/mol. The monoisotopic (exact) mass is 414 g/mol. The van der Waals surface area contributed by atoms with Crippen LogP contribution in [0.2, 0.25) is 5.02 Å². The molecule has 2 aromatic rings. The first-order valence-electron chi connectivity index (χ1n) is 10.1. The molecule has 7 heteroatoms. The van der Waals surface area contributed by atoms with Crippen LogP contribution < -0.4 is 4.90 Å². The third-order valence-corrected chi connectivity index (χ3v) is 6.47. The fourth-order valence-corrected chi connectivity index (χ4v) is 4.44. The number of hydrogen-bond donors (Lipinski definition) is 1. The summed E-state index contributed by atoms with van der Waals surface area (Å²) in [5, 5.41) is 10.2. The summed E-state index contributed by atoms with van der Waals surface area (Å²) in [5.74, 6) is 1.04. The number of anilines is 1. The summed E-state index contributed by atoms with van der Waals surface area (Å²) in [6.45, 7) is 6.65.